The summed E-state index contributed by atoms with van der Waals surface area (Å²) < 4.78 is 44.3. The molecule has 0 saturated carbocycles. The monoisotopic (exact) mass is 647 g/mol. The quantitative estimate of drug-likeness (QED) is 0.148. The Balaban J connectivity index is 1.08. The SMILES string of the molecule is COC(=O)c1ccc2nc(CN3CCC(c4cccc(OC)c4OCc4ccc(Cl)c5cc(F)oc45)CC3)n(C[C@@H]3CCO3)c2c1. The van der Waals surface area contributed by atoms with Crippen LogP contribution in [0.1, 0.15) is 52.5 Å². The maximum Gasteiger partial charge on any atom is 0.337 e. The Hall–Kier alpha value is -4.12. The molecule has 4 heterocycles. The molecular weight excluding hydrogens is 613 g/mol. The van der Waals surface area contributed by atoms with E-state index in [9.17, 15) is 9.18 Å². The zero-order valence-corrected chi connectivity index (χ0v) is 26.5. The maximum absolute atomic E-state index is 13.9. The Labute approximate surface area is 270 Å². The molecule has 1 atom stereocenters. The van der Waals surface area contributed by atoms with Crippen molar-refractivity contribution in [1.82, 2.24) is 14.5 Å². The molecule has 0 amide bonds. The molecule has 2 saturated heterocycles. The first-order valence-electron chi connectivity index (χ1n) is 15.5. The fourth-order valence-corrected chi connectivity index (χ4v) is 6.73. The second-order valence-electron chi connectivity index (χ2n) is 11.8. The van der Waals surface area contributed by atoms with Crippen LogP contribution in [0, 0.1) is 6.01 Å². The van der Waals surface area contributed by atoms with E-state index in [1.807, 2.05) is 24.3 Å². The van der Waals surface area contributed by atoms with Crippen molar-refractivity contribution >= 4 is 39.6 Å². The fourth-order valence-electron chi connectivity index (χ4n) is 6.53. The van der Waals surface area contributed by atoms with Gasteiger partial charge in [0.05, 0.1) is 55.0 Å². The molecular formula is C35H35ClFN3O6. The predicted octanol–water partition coefficient (Wildman–Crippen LogP) is 7.12. The van der Waals surface area contributed by atoms with Gasteiger partial charge in [-0.3, -0.25) is 4.90 Å². The molecule has 3 aromatic carbocycles. The van der Waals surface area contributed by atoms with Crippen LogP contribution in [0.3, 0.4) is 0 Å². The van der Waals surface area contributed by atoms with E-state index in [2.05, 4.69) is 15.5 Å². The Morgan fingerprint density at radius 1 is 1.09 bits per heavy atom. The number of ether oxygens (including phenoxy) is 4. The van der Waals surface area contributed by atoms with Gasteiger partial charge in [0, 0.05) is 29.2 Å². The first kappa shape index (κ1) is 30.5. The summed E-state index contributed by atoms with van der Waals surface area (Å²) in [5.41, 5.74) is 4.43. The van der Waals surface area contributed by atoms with Gasteiger partial charge >= 0.3 is 5.97 Å². The average Bonchev–Trinajstić information content (AvgIpc) is 3.62. The number of piperidine rings is 1. The van der Waals surface area contributed by atoms with Gasteiger partial charge in [-0.25, -0.2) is 9.78 Å². The van der Waals surface area contributed by atoms with Crippen LogP contribution in [-0.2, 0) is 29.2 Å². The minimum atomic E-state index is -0.688. The van der Waals surface area contributed by atoms with Crippen LogP contribution >= 0.6 is 11.6 Å². The zero-order chi connectivity index (χ0) is 31.8. The smallest absolute Gasteiger partial charge is 0.337 e. The number of halogens is 2. The highest BCUT2D eigenvalue weighted by Gasteiger charge is 2.28. The van der Waals surface area contributed by atoms with Crippen LogP contribution < -0.4 is 9.47 Å². The van der Waals surface area contributed by atoms with Crippen molar-refractivity contribution in [1.29, 1.82) is 0 Å². The Bertz CT molecular complexity index is 1890. The molecule has 9 nitrogen and oxygen atoms in total. The molecule has 7 rings (SSSR count). The number of nitrogens with zero attached hydrogens (tertiary/aromatic N) is 3. The molecule has 0 aliphatic carbocycles. The van der Waals surface area contributed by atoms with Crippen molar-refractivity contribution in [2.75, 3.05) is 33.9 Å². The largest absolute Gasteiger partial charge is 0.493 e. The molecule has 0 bridgehead atoms. The number of esters is 1. The fraction of sp³-hybridized carbons (Fsp3) is 0.371. The van der Waals surface area contributed by atoms with E-state index in [1.54, 1.807) is 25.3 Å². The Kier molecular flexibility index (Phi) is 8.59. The lowest BCUT2D eigenvalue weighted by molar-refractivity contribution is -0.0592. The lowest BCUT2D eigenvalue weighted by Crippen LogP contribution is -2.35. The first-order valence-corrected chi connectivity index (χ1v) is 15.9. The number of hydrogen-bond acceptors (Lipinski definition) is 8. The first-order chi connectivity index (χ1) is 22.4. The van der Waals surface area contributed by atoms with E-state index < -0.39 is 6.01 Å². The van der Waals surface area contributed by atoms with Crippen LogP contribution in [0.4, 0.5) is 4.39 Å². The Morgan fingerprint density at radius 3 is 2.65 bits per heavy atom. The summed E-state index contributed by atoms with van der Waals surface area (Å²) in [5.74, 6) is 2.18. The Morgan fingerprint density at radius 2 is 1.91 bits per heavy atom. The summed E-state index contributed by atoms with van der Waals surface area (Å²) in [4.78, 5) is 19.6. The molecule has 0 unspecified atom stereocenters. The van der Waals surface area contributed by atoms with Crippen LogP contribution in [-0.4, -0.2) is 60.4 Å². The second-order valence-corrected chi connectivity index (χ2v) is 12.2. The van der Waals surface area contributed by atoms with Gasteiger partial charge in [-0.2, -0.15) is 4.39 Å². The molecule has 11 heteroatoms. The van der Waals surface area contributed by atoms with Gasteiger partial charge in [-0.15, -0.1) is 0 Å². The summed E-state index contributed by atoms with van der Waals surface area (Å²) in [7, 11) is 3.02. The molecule has 2 aliphatic rings. The number of hydrogen-bond donors (Lipinski definition) is 0. The number of benzene rings is 3. The predicted molar refractivity (Wildman–Crippen MR) is 171 cm³/mol. The average molecular weight is 648 g/mol. The molecule has 5 aromatic rings. The number of imidazole rings is 1. The third-order valence-corrected chi connectivity index (χ3v) is 9.43. The van der Waals surface area contributed by atoms with Crippen molar-refractivity contribution in [2.24, 2.45) is 0 Å². The highest BCUT2D eigenvalue weighted by Crippen LogP contribution is 2.41. The van der Waals surface area contributed by atoms with Gasteiger partial charge in [-0.05, 0) is 68.6 Å². The summed E-state index contributed by atoms with van der Waals surface area (Å²) in [6.45, 7) is 4.08. The third-order valence-electron chi connectivity index (χ3n) is 9.10. The van der Waals surface area contributed by atoms with Crippen molar-refractivity contribution in [2.45, 2.75) is 51.0 Å². The molecule has 240 valence electrons. The molecule has 2 aliphatic heterocycles. The number of aromatic nitrogens is 2. The second kappa shape index (κ2) is 12.9. The van der Waals surface area contributed by atoms with E-state index in [0.29, 0.717) is 51.7 Å². The van der Waals surface area contributed by atoms with Gasteiger partial charge in [0.1, 0.15) is 18.0 Å². The van der Waals surface area contributed by atoms with Gasteiger partial charge in [0.15, 0.2) is 11.5 Å². The van der Waals surface area contributed by atoms with Crippen LogP contribution in [0.25, 0.3) is 22.0 Å². The van der Waals surface area contributed by atoms with E-state index >= 15 is 0 Å². The molecule has 0 N–H and O–H groups in total. The number of fused-ring (bicyclic) bond motifs is 2. The van der Waals surface area contributed by atoms with Gasteiger partial charge in [-0.1, -0.05) is 29.8 Å². The molecule has 2 fully saturated rings. The van der Waals surface area contributed by atoms with Crippen molar-refractivity contribution in [3.05, 3.63) is 88.1 Å². The van der Waals surface area contributed by atoms with Gasteiger partial charge in [0.25, 0.3) is 6.01 Å². The standard InChI is InChI=1S/C35H35ClFN3O6/c1-42-30-5-3-4-25(34(30)45-20-23-6-8-27(36)26-17-31(37)46-33(23)26)21-10-13-39(14-11-21)19-32-38-28-9-7-22(35(41)43-2)16-29(28)40(32)18-24-12-15-44-24/h3-9,16-17,21,24H,10-15,18-20H2,1-2H3/t24-/m0/s1. The number of carbonyl (C=O) groups excluding carboxylic acids is 1. The topological polar surface area (TPSA) is 88.2 Å². The minimum Gasteiger partial charge on any atom is -0.493 e. The van der Waals surface area contributed by atoms with E-state index in [1.165, 1.54) is 13.2 Å². The summed E-state index contributed by atoms with van der Waals surface area (Å²) >= 11 is 6.26. The number of para-hydroxylation sites is 1. The molecule has 0 spiro atoms. The van der Waals surface area contributed by atoms with E-state index in [0.717, 1.165) is 61.4 Å². The number of likely N-dealkylation sites (tertiary alicyclic amines) is 1. The zero-order valence-electron chi connectivity index (χ0n) is 25.8. The van der Waals surface area contributed by atoms with Crippen LogP contribution in [0.5, 0.6) is 11.5 Å². The highest BCUT2D eigenvalue weighted by atomic mass is 35.5. The number of methoxy groups -OCH3 is 2. The number of rotatable bonds is 10. The lowest BCUT2D eigenvalue weighted by atomic mass is 9.88. The summed E-state index contributed by atoms with van der Waals surface area (Å²) in [6.07, 6.45) is 3.01. The highest BCUT2D eigenvalue weighted by molar-refractivity contribution is 6.35. The van der Waals surface area contributed by atoms with Gasteiger partial charge in [0.2, 0.25) is 0 Å². The van der Waals surface area contributed by atoms with Crippen LogP contribution in [0.2, 0.25) is 5.02 Å². The number of carbonyl (C=O) groups is 1. The number of furan rings is 1. The molecule has 46 heavy (non-hydrogen) atoms. The molecule has 2 aromatic heterocycles. The van der Waals surface area contributed by atoms with Crippen molar-refractivity contribution < 1.29 is 32.5 Å². The van der Waals surface area contributed by atoms with Gasteiger partial charge < -0.3 is 27.9 Å². The third kappa shape index (κ3) is 5.92. The lowest BCUT2D eigenvalue weighted by Gasteiger charge is -2.33. The van der Waals surface area contributed by atoms with E-state index in [4.69, 9.17) is 39.9 Å². The van der Waals surface area contributed by atoms with E-state index in [-0.39, 0.29) is 24.6 Å². The van der Waals surface area contributed by atoms with Crippen LogP contribution in [0.15, 0.2) is 59.0 Å². The van der Waals surface area contributed by atoms with Crippen molar-refractivity contribution in [3.8, 4) is 11.5 Å². The summed E-state index contributed by atoms with van der Waals surface area (Å²) in [6, 6.07) is 15.6. The van der Waals surface area contributed by atoms with Crippen molar-refractivity contribution in [3.63, 3.8) is 0 Å². The minimum absolute atomic E-state index is 0.144. The maximum atomic E-state index is 13.9. The normalized spacial score (nSPS) is 17.3. The molecule has 0 radical (unpaired) electrons. The summed E-state index contributed by atoms with van der Waals surface area (Å²) in [5, 5.41) is 0.944.